The molecule has 0 bridgehead atoms. The predicted molar refractivity (Wildman–Crippen MR) is 20.8 cm³/mol. The van der Waals surface area contributed by atoms with E-state index in [1.54, 1.807) is 0 Å². The van der Waals surface area contributed by atoms with Crippen molar-refractivity contribution < 1.29 is 1.37 Å². The van der Waals surface area contributed by atoms with Crippen LogP contribution in [0.3, 0.4) is 0 Å². The maximum absolute atomic E-state index is 6.23. The molecule has 0 aliphatic rings. The molecule has 0 unspecified atom stereocenters. The number of hydrogen-bond donors (Lipinski definition) is 0. The number of rotatable bonds is 0. The Morgan fingerprint density at radius 3 is 2.25 bits per heavy atom. The van der Waals surface area contributed by atoms with Crippen LogP contribution in [0.15, 0.2) is 11.0 Å². The fraction of sp³-hybridized carbons (Fsp3) is 0. The van der Waals surface area contributed by atoms with Crippen LogP contribution in [0.25, 0.3) is 0 Å². The molecule has 0 nitrogen and oxygen atoms in total. The minimum atomic E-state index is -0.00926. The third kappa shape index (κ3) is 39.5. The first-order valence-corrected chi connectivity index (χ1v) is 1.42. The topological polar surface area (TPSA) is 0 Å². The van der Waals surface area contributed by atoms with E-state index < -0.39 is 0 Å². The van der Waals surface area contributed by atoms with Gasteiger partial charge in [0.15, 0.2) is 0 Å². The molecule has 2 heteroatoms. The molecule has 0 aliphatic heterocycles. The first-order valence-electron chi connectivity index (χ1n) is 1.24. The third-order valence-corrected chi connectivity index (χ3v) is 0. The maximum Gasteiger partial charge on any atom is 0.0992 e. The molecule has 0 saturated carbocycles. The van der Waals surface area contributed by atoms with Crippen molar-refractivity contribution in [1.82, 2.24) is 0 Å². The van der Waals surface area contributed by atoms with Crippen molar-refractivity contribution in [3.8, 4) is 0 Å². The predicted octanol–water partition coefficient (Wildman–Crippen LogP) is 1.94. The Hall–Kier alpha value is 0.320. The zero-order valence-corrected chi connectivity index (χ0v) is 3.35. The highest BCUT2D eigenvalue weighted by Crippen LogP contribution is 1.98. The average molecular weight is 98.0 g/mol. The van der Waals surface area contributed by atoms with Crippen LogP contribution in [0, 0.1) is 0 Å². The largest absolute Gasteiger partial charge is 0.0992 e. The van der Waals surface area contributed by atoms with E-state index in [-0.39, 0.29) is 4.49 Å². The molecule has 0 aromatic heterocycles. The van der Waals surface area contributed by atoms with Gasteiger partial charge in [0.1, 0.15) is 0 Å². The van der Waals surface area contributed by atoms with E-state index >= 15 is 0 Å². The molecular weight excluding hydrogens is 94.9 g/mol. The summed E-state index contributed by atoms with van der Waals surface area (Å²) in [6.07, 6.45) is 0. The first-order chi connectivity index (χ1) is 2.27. The van der Waals surface area contributed by atoms with Gasteiger partial charge in [0.2, 0.25) is 0 Å². The van der Waals surface area contributed by atoms with Crippen molar-refractivity contribution in [1.29, 1.82) is 0 Å². The fourth-order valence-corrected chi connectivity index (χ4v) is 0. The summed E-state index contributed by atoms with van der Waals surface area (Å²) in [4.78, 5) is 0. The summed E-state index contributed by atoms with van der Waals surface area (Å²) in [5.74, 6) is 0. The Bertz CT molecular complexity index is 45.6. The Balaban J connectivity index is 3.14. The molecule has 0 radical (unpaired) electrons. The molecular formula is C2H2Cl2. The zero-order chi connectivity index (χ0) is 4.28. The summed E-state index contributed by atoms with van der Waals surface area (Å²) in [5, 5.41) is 0. The lowest BCUT2D eigenvalue weighted by Crippen LogP contribution is -1.24. The Morgan fingerprint density at radius 2 is 2.25 bits per heavy atom. The van der Waals surface area contributed by atoms with Gasteiger partial charge >= 0.3 is 0 Å². The van der Waals surface area contributed by atoms with Gasteiger partial charge < -0.3 is 0 Å². The highest BCUT2D eigenvalue weighted by molar-refractivity contribution is 6.55. The monoisotopic (exact) mass is 97.0 g/mol. The summed E-state index contributed by atoms with van der Waals surface area (Å²) in [7, 11) is 0. The van der Waals surface area contributed by atoms with Gasteiger partial charge in [-0.1, -0.05) is 29.8 Å². The fourth-order valence-electron chi connectivity index (χ4n) is 0. The molecule has 0 heterocycles. The van der Waals surface area contributed by atoms with Crippen LogP contribution < -0.4 is 0 Å². The highest BCUT2D eigenvalue weighted by atomic mass is 35.5. The van der Waals surface area contributed by atoms with Crippen molar-refractivity contribution in [3.05, 3.63) is 11.0 Å². The van der Waals surface area contributed by atoms with Gasteiger partial charge in [-0.25, -0.2) is 0 Å². The third-order valence-electron chi connectivity index (χ3n) is 0. The van der Waals surface area contributed by atoms with E-state index in [0.717, 1.165) is 6.55 Å². The van der Waals surface area contributed by atoms with Gasteiger partial charge in [-0.2, -0.15) is 0 Å². The van der Waals surface area contributed by atoms with Gasteiger partial charge in [-0.05, 0) is 0 Å². The van der Waals surface area contributed by atoms with Gasteiger partial charge in [0.25, 0.3) is 0 Å². The van der Waals surface area contributed by atoms with Crippen molar-refractivity contribution in [3.63, 3.8) is 0 Å². The number of hydrogen-bond acceptors (Lipinski definition) is 0. The van der Waals surface area contributed by atoms with E-state index in [9.17, 15) is 0 Å². The Morgan fingerprint density at radius 1 is 2.00 bits per heavy atom. The SMILES string of the molecule is [2H]C=C(Cl)Cl. The minimum Gasteiger partial charge on any atom is -0.0716 e. The molecule has 24 valence electrons. The molecule has 0 aromatic rings. The van der Waals surface area contributed by atoms with E-state index in [4.69, 9.17) is 24.6 Å². The Kier molecular flexibility index (Phi) is 1.03. The lowest BCUT2D eigenvalue weighted by Gasteiger charge is -1.57. The second-order valence-corrected chi connectivity index (χ2v) is 1.30. The molecule has 0 atom stereocenters. The van der Waals surface area contributed by atoms with Crippen LogP contribution in [0.4, 0.5) is 0 Å². The van der Waals surface area contributed by atoms with Gasteiger partial charge in [-0.15, -0.1) is 0 Å². The Labute approximate surface area is 36.4 Å². The van der Waals surface area contributed by atoms with Gasteiger partial charge in [0.05, 0.1) is 5.86 Å². The minimum absolute atomic E-state index is 0.00926. The van der Waals surface area contributed by atoms with Crippen LogP contribution in [-0.4, -0.2) is 0 Å². The van der Waals surface area contributed by atoms with Crippen molar-refractivity contribution in [2.75, 3.05) is 0 Å². The lowest BCUT2D eigenvalue weighted by atomic mass is 11.3. The molecule has 0 N–H and O–H groups in total. The summed E-state index contributed by atoms with van der Waals surface area (Å²) in [5.41, 5.74) is 0. The van der Waals surface area contributed by atoms with Crippen LogP contribution in [0.2, 0.25) is 0 Å². The van der Waals surface area contributed by atoms with Crippen molar-refractivity contribution in [2.45, 2.75) is 0 Å². The van der Waals surface area contributed by atoms with Crippen LogP contribution in [-0.2, 0) is 0 Å². The van der Waals surface area contributed by atoms with Crippen molar-refractivity contribution in [2.24, 2.45) is 0 Å². The molecule has 0 spiro atoms. The van der Waals surface area contributed by atoms with Crippen molar-refractivity contribution >= 4 is 23.2 Å². The standard InChI is InChI=1S/C2H2Cl2/c1-2(3)4/h1H2/i1D. The molecule has 0 rings (SSSR count). The summed E-state index contributed by atoms with van der Waals surface area (Å²) in [6, 6.07) is 0. The molecule has 0 fully saturated rings. The first kappa shape index (κ1) is 2.55. The molecule has 0 saturated heterocycles. The highest BCUT2D eigenvalue weighted by Gasteiger charge is 1.60. The van der Waals surface area contributed by atoms with Crippen LogP contribution in [0.5, 0.6) is 0 Å². The normalized spacial score (nSPS) is 9.00. The molecule has 0 aliphatic carbocycles. The lowest BCUT2D eigenvalue weighted by molar-refractivity contribution is 2.45. The maximum atomic E-state index is 6.23. The summed E-state index contributed by atoms with van der Waals surface area (Å²) < 4.78 is 6.22. The second kappa shape index (κ2) is 1.62. The van der Waals surface area contributed by atoms with E-state index in [0.29, 0.717) is 0 Å². The van der Waals surface area contributed by atoms with Gasteiger partial charge in [-0.3, -0.25) is 0 Å². The second-order valence-electron chi connectivity index (χ2n) is 0.290. The van der Waals surface area contributed by atoms with Crippen LogP contribution in [0.1, 0.15) is 1.37 Å². The van der Waals surface area contributed by atoms with Gasteiger partial charge in [0, 0.05) is 0 Å². The van der Waals surface area contributed by atoms with E-state index in [1.165, 1.54) is 0 Å². The summed E-state index contributed by atoms with van der Waals surface area (Å²) in [6.45, 7) is 0.864. The van der Waals surface area contributed by atoms with Crippen LogP contribution >= 0.6 is 23.2 Å². The summed E-state index contributed by atoms with van der Waals surface area (Å²) >= 11 is 9.80. The number of halogens is 2. The smallest absolute Gasteiger partial charge is 0.0716 e. The zero-order valence-electron chi connectivity index (χ0n) is 2.83. The van der Waals surface area contributed by atoms with E-state index in [1.807, 2.05) is 0 Å². The quantitative estimate of drug-likeness (QED) is 0.434. The van der Waals surface area contributed by atoms with E-state index in [2.05, 4.69) is 0 Å². The molecule has 0 aromatic carbocycles. The molecule has 0 amide bonds. The molecule has 4 heavy (non-hydrogen) atoms. The average Bonchev–Trinajstić information content (AvgIpc) is 1.38.